The second-order valence-electron chi connectivity index (χ2n) is 6.96. The van der Waals surface area contributed by atoms with Crippen molar-refractivity contribution in [1.29, 1.82) is 0 Å². The average Bonchev–Trinajstić information content (AvgIpc) is 2.33. The second kappa shape index (κ2) is 6.65. The molecule has 2 N–H and O–H groups in total. The molecule has 0 bridgehead atoms. The van der Waals surface area contributed by atoms with Crippen molar-refractivity contribution in [3.05, 3.63) is 35.1 Å². The fraction of sp³-hybridized carbons (Fsp3) is 0.588. The van der Waals surface area contributed by atoms with Gasteiger partial charge in [0.15, 0.2) is 0 Å². The van der Waals surface area contributed by atoms with E-state index in [1.807, 2.05) is 27.7 Å². The number of amides is 1. The maximum atomic E-state index is 13.2. The summed E-state index contributed by atoms with van der Waals surface area (Å²) >= 11 is 0. The Morgan fingerprint density at radius 2 is 2.00 bits per heavy atom. The molecular weight excluding hydrogens is 283 g/mol. The molecule has 1 aromatic carbocycles. The lowest BCUT2D eigenvalue weighted by Gasteiger charge is -2.37. The molecule has 2 rings (SSSR count). The van der Waals surface area contributed by atoms with E-state index in [1.54, 1.807) is 12.1 Å². The van der Waals surface area contributed by atoms with Crippen LogP contribution in [-0.2, 0) is 11.3 Å². The number of carbonyl (C=O) groups is 1. The largest absolute Gasteiger partial charge is 0.444 e. The Morgan fingerprint density at radius 3 is 2.64 bits per heavy atom. The van der Waals surface area contributed by atoms with Gasteiger partial charge in [0.25, 0.3) is 0 Å². The summed E-state index contributed by atoms with van der Waals surface area (Å²) in [5.41, 5.74) is 1.58. The molecule has 0 saturated heterocycles. The Bertz CT molecular complexity index is 534. The average molecular weight is 308 g/mol. The molecule has 0 heterocycles. The molecule has 0 unspecified atom stereocenters. The van der Waals surface area contributed by atoms with Gasteiger partial charge in [-0.2, -0.15) is 0 Å². The Hall–Kier alpha value is -1.62. The monoisotopic (exact) mass is 308 g/mol. The lowest BCUT2D eigenvalue weighted by Crippen LogP contribution is -2.53. The van der Waals surface area contributed by atoms with Crippen molar-refractivity contribution in [3.63, 3.8) is 0 Å². The number of nitrogens with one attached hydrogen (secondary N) is 2. The third-order valence-electron chi connectivity index (χ3n) is 3.75. The summed E-state index contributed by atoms with van der Waals surface area (Å²) in [5, 5.41) is 6.26. The van der Waals surface area contributed by atoms with Crippen molar-refractivity contribution in [2.24, 2.45) is 0 Å². The molecule has 1 aliphatic carbocycles. The highest BCUT2D eigenvalue weighted by atomic mass is 19.1. The molecule has 0 aliphatic heterocycles. The summed E-state index contributed by atoms with van der Waals surface area (Å²) in [6, 6.07) is 5.34. The molecule has 0 atom stereocenters. The van der Waals surface area contributed by atoms with Crippen molar-refractivity contribution >= 4 is 6.09 Å². The van der Waals surface area contributed by atoms with Crippen molar-refractivity contribution in [2.75, 3.05) is 0 Å². The summed E-state index contributed by atoms with van der Waals surface area (Å²) in [5.74, 6) is -0.208. The highest BCUT2D eigenvalue weighted by Crippen LogP contribution is 2.21. The first-order valence-electron chi connectivity index (χ1n) is 7.71. The van der Waals surface area contributed by atoms with Crippen LogP contribution in [0.4, 0.5) is 9.18 Å². The van der Waals surface area contributed by atoms with Gasteiger partial charge >= 0.3 is 6.09 Å². The van der Waals surface area contributed by atoms with Crippen LogP contribution in [0.1, 0.15) is 44.7 Å². The Kier molecular flexibility index (Phi) is 5.06. The van der Waals surface area contributed by atoms with Crippen LogP contribution >= 0.6 is 0 Å². The first-order chi connectivity index (χ1) is 10.2. The zero-order valence-electron chi connectivity index (χ0n) is 13.7. The SMILES string of the molecule is Cc1ccc(F)cc1CNC1CC(NC(=O)OC(C)(C)C)C1. The summed E-state index contributed by atoms with van der Waals surface area (Å²) in [4.78, 5) is 11.6. The van der Waals surface area contributed by atoms with Crippen LogP contribution in [0.25, 0.3) is 0 Å². The van der Waals surface area contributed by atoms with Crippen LogP contribution in [0.3, 0.4) is 0 Å². The van der Waals surface area contributed by atoms with Gasteiger partial charge in [0, 0.05) is 18.6 Å². The van der Waals surface area contributed by atoms with E-state index >= 15 is 0 Å². The topological polar surface area (TPSA) is 50.4 Å². The van der Waals surface area contributed by atoms with Gasteiger partial charge in [-0.25, -0.2) is 9.18 Å². The molecule has 1 saturated carbocycles. The molecule has 0 aromatic heterocycles. The minimum atomic E-state index is -0.472. The van der Waals surface area contributed by atoms with Crippen molar-refractivity contribution < 1.29 is 13.9 Å². The molecule has 1 aromatic rings. The van der Waals surface area contributed by atoms with Crippen LogP contribution < -0.4 is 10.6 Å². The number of hydrogen-bond acceptors (Lipinski definition) is 3. The van der Waals surface area contributed by atoms with Gasteiger partial charge in [0.05, 0.1) is 0 Å². The van der Waals surface area contributed by atoms with Crippen LogP contribution in [0.5, 0.6) is 0 Å². The number of hydrogen-bond donors (Lipinski definition) is 2. The van der Waals surface area contributed by atoms with Gasteiger partial charge in [-0.15, -0.1) is 0 Å². The fourth-order valence-corrected chi connectivity index (χ4v) is 2.46. The lowest BCUT2D eigenvalue weighted by atomic mass is 9.86. The predicted octanol–water partition coefficient (Wildman–Crippen LogP) is 3.28. The van der Waals surface area contributed by atoms with Crippen LogP contribution in [-0.4, -0.2) is 23.8 Å². The van der Waals surface area contributed by atoms with E-state index in [0.29, 0.717) is 12.6 Å². The zero-order chi connectivity index (χ0) is 16.3. The third kappa shape index (κ3) is 4.98. The quantitative estimate of drug-likeness (QED) is 0.897. The van der Waals surface area contributed by atoms with Gasteiger partial charge in [0.2, 0.25) is 0 Å². The summed E-state index contributed by atoms with van der Waals surface area (Å²) in [6.07, 6.45) is 1.37. The molecule has 1 amide bonds. The van der Waals surface area contributed by atoms with E-state index in [9.17, 15) is 9.18 Å². The van der Waals surface area contributed by atoms with Gasteiger partial charge in [0.1, 0.15) is 11.4 Å². The molecule has 22 heavy (non-hydrogen) atoms. The minimum absolute atomic E-state index is 0.154. The number of ether oxygens (including phenoxy) is 1. The van der Waals surface area contributed by atoms with E-state index in [0.717, 1.165) is 24.0 Å². The molecule has 0 radical (unpaired) electrons. The molecule has 0 spiro atoms. The number of benzene rings is 1. The number of alkyl carbamates (subject to hydrolysis) is 1. The Morgan fingerprint density at radius 1 is 1.32 bits per heavy atom. The fourth-order valence-electron chi connectivity index (χ4n) is 2.46. The van der Waals surface area contributed by atoms with Crippen molar-refractivity contribution in [1.82, 2.24) is 10.6 Å². The highest BCUT2D eigenvalue weighted by Gasteiger charge is 2.31. The molecule has 4 nitrogen and oxygen atoms in total. The predicted molar refractivity (Wildman–Crippen MR) is 84.2 cm³/mol. The molecular formula is C17H25FN2O2. The maximum Gasteiger partial charge on any atom is 0.407 e. The Balaban J connectivity index is 1.69. The summed E-state index contributed by atoms with van der Waals surface area (Å²) in [6.45, 7) is 8.16. The van der Waals surface area contributed by atoms with Gasteiger partial charge in [-0.05, 0) is 63.8 Å². The highest BCUT2D eigenvalue weighted by molar-refractivity contribution is 5.68. The number of halogens is 1. The van der Waals surface area contributed by atoms with E-state index in [2.05, 4.69) is 10.6 Å². The second-order valence-corrected chi connectivity index (χ2v) is 6.96. The Labute approximate surface area is 131 Å². The zero-order valence-corrected chi connectivity index (χ0v) is 13.7. The molecule has 1 aliphatic rings. The summed E-state index contributed by atoms with van der Waals surface area (Å²) < 4.78 is 18.4. The van der Waals surface area contributed by atoms with Crippen molar-refractivity contribution in [3.8, 4) is 0 Å². The molecule has 122 valence electrons. The number of carbonyl (C=O) groups excluding carboxylic acids is 1. The van der Waals surface area contributed by atoms with Gasteiger partial charge < -0.3 is 15.4 Å². The standard InChI is InChI=1S/C17H25FN2O2/c1-11-5-6-13(18)7-12(11)10-19-14-8-15(9-14)20-16(21)22-17(2,3)4/h5-7,14-15,19H,8-10H2,1-4H3,(H,20,21). The summed E-state index contributed by atoms with van der Waals surface area (Å²) in [7, 11) is 0. The van der Waals surface area contributed by atoms with Gasteiger partial charge in [-0.3, -0.25) is 0 Å². The van der Waals surface area contributed by atoms with E-state index in [1.165, 1.54) is 6.07 Å². The van der Waals surface area contributed by atoms with Crippen molar-refractivity contribution in [2.45, 2.75) is 64.8 Å². The van der Waals surface area contributed by atoms with E-state index in [-0.39, 0.29) is 18.0 Å². The van der Waals surface area contributed by atoms with E-state index in [4.69, 9.17) is 4.74 Å². The third-order valence-corrected chi connectivity index (χ3v) is 3.75. The lowest BCUT2D eigenvalue weighted by molar-refractivity contribution is 0.0465. The number of rotatable bonds is 4. The van der Waals surface area contributed by atoms with Crippen LogP contribution in [0, 0.1) is 12.7 Å². The first-order valence-corrected chi connectivity index (χ1v) is 7.71. The first kappa shape index (κ1) is 16.7. The smallest absolute Gasteiger partial charge is 0.407 e. The maximum absolute atomic E-state index is 13.2. The van der Waals surface area contributed by atoms with Crippen LogP contribution in [0.2, 0.25) is 0 Å². The molecule has 1 fully saturated rings. The normalized spacial score (nSPS) is 21.1. The minimum Gasteiger partial charge on any atom is -0.444 e. The van der Waals surface area contributed by atoms with Crippen LogP contribution in [0.15, 0.2) is 18.2 Å². The number of aryl methyl sites for hydroxylation is 1. The van der Waals surface area contributed by atoms with Gasteiger partial charge in [-0.1, -0.05) is 6.07 Å². The van der Waals surface area contributed by atoms with E-state index < -0.39 is 5.60 Å². The molecule has 5 heteroatoms.